The fourth-order valence-corrected chi connectivity index (χ4v) is 1.88. The Kier molecular flexibility index (Phi) is 3.28. The molecule has 4 heteroatoms. The highest BCUT2D eigenvalue weighted by molar-refractivity contribution is 5.96. The van der Waals surface area contributed by atoms with Crippen LogP contribution in [-0.2, 0) is 0 Å². The van der Waals surface area contributed by atoms with Gasteiger partial charge in [-0.2, -0.15) is 0 Å². The molecule has 0 unspecified atom stereocenters. The average molecular weight is 244 g/mol. The zero-order valence-corrected chi connectivity index (χ0v) is 10.1. The minimum Gasteiger partial charge on any atom is -0.496 e. The molecule has 0 saturated carbocycles. The maximum absolute atomic E-state index is 10.9. The summed E-state index contributed by atoms with van der Waals surface area (Å²) in [6, 6.07) is 6.87. The van der Waals surface area contributed by atoms with Crippen LogP contribution < -0.4 is 9.47 Å². The van der Waals surface area contributed by atoms with Crippen molar-refractivity contribution in [2.75, 3.05) is 14.2 Å². The molecule has 0 aliphatic rings. The van der Waals surface area contributed by atoms with Gasteiger partial charge in [0.25, 0.3) is 0 Å². The Balaban J connectivity index is 2.76. The fraction of sp³-hybridized carbons (Fsp3) is 0.143. The summed E-state index contributed by atoms with van der Waals surface area (Å²) in [6.07, 6.45) is 1.45. The zero-order chi connectivity index (χ0) is 13.1. The van der Waals surface area contributed by atoms with Crippen LogP contribution in [0.25, 0.3) is 10.8 Å². The Morgan fingerprint density at radius 3 is 1.50 bits per heavy atom. The number of carbonyl (C=O) groups is 2. The second-order valence-electron chi connectivity index (χ2n) is 3.77. The van der Waals surface area contributed by atoms with Gasteiger partial charge in [-0.1, -0.05) is 0 Å². The van der Waals surface area contributed by atoms with Gasteiger partial charge in [0.15, 0.2) is 12.6 Å². The summed E-state index contributed by atoms with van der Waals surface area (Å²) in [5.41, 5.74) is 0.902. The number of hydrogen-bond acceptors (Lipinski definition) is 4. The summed E-state index contributed by atoms with van der Waals surface area (Å²) in [6.45, 7) is 0. The number of hydrogen-bond donors (Lipinski definition) is 0. The third-order valence-corrected chi connectivity index (χ3v) is 2.79. The molecule has 2 rings (SSSR count). The predicted octanol–water partition coefficient (Wildman–Crippen LogP) is 2.48. The van der Waals surface area contributed by atoms with E-state index in [2.05, 4.69) is 0 Å². The molecule has 0 aliphatic heterocycles. The second-order valence-corrected chi connectivity index (χ2v) is 3.77. The van der Waals surface area contributed by atoms with E-state index < -0.39 is 0 Å². The smallest absolute Gasteiger partial charge is 0.153 e. The molecule has 0 spiro atoms. The van der Waals surface area contributed by atoms with Gasteiger partial charge in [-0.15, -0.1) is 0 Å². The molecule has 18 heavy (non-hydrogen) atoms. The molecule has 0 atom stereocenters. The number of methoxy groups -OCH3 is 2. The van der Waals surface area contributed by atoms with Gasteiger partial charge in [0.1, 0.15) is 11.5 Å². The van der Waals surface area contributed by atoms with Crippen LogP contribution in [0.3, 0.4) is 0 Å². The predicted molar refractivity (Wildman–Crippen MR) is 67.8 cm³/mol. The molecule has 0 aliphatic carbocycles. The molecule has 0 N–H and O–H groups in total. The summed E-state index contributed by atoms with van der Waals surface area (Å²) in [4.78, 5) is 21.9. The van der Waals surface area contributed by atoms with Crippen LogP contribution in [0.1, 0.15) is 20.7 Å². The van der Waals surface area contributed by atoms with Crippen LogP contribution in [0.15, 0.2) is 24.3 Å². The third kappa shape index (κ3) is 1.93. The average Bonchev–Trinajstić information content (AvgIpc) is 2.43. The molecule has 0 heterocycles. The highest BCUT2D eigenvalue weighted by atomic mass is 16.5. The highest BCUT2D eigenvalue weighted by Crippen LogP contribution is 2.29. The highest BCUT2D eigenvalue weighted by Gasteiger charge is 2.09. The first-order valence-electron chi connectivity index (χ1n) is 5.33. The summed E-state index contributed by atoms with van der Waals surface area (Å²) in [5.74, 6) is 0.997. The Morgan fingerprint density at radius 1 is 0.778 bits per heavy atom. The standard InChI is InChI=1S/C14H12O4/c1-17-13-5-10-6-14(18-2)12(8-16)4-9(10)3-11(13)7-15/h3-8H,1-2H3. The quantitative estimate of drug-likeness (QED) is 0.775. The molecule has 2 aromatic rings. The van der Waals surface area contributed by atoms with E-state index >= 15 is 0 Å². The van der Waals surface area contributed by atoms with Gasteiger partial charge in [-0.25, -0.2) is 0 Å². The summed E-state index contributed by atoms with van der Waals surface area (Å²) in [5, 5.41) is 1.64. The monoisotopic (exact) mass is 244 g/mol. The van der Waals surface area contributed by atoms with Crippen LogP contribution in [0.4, 0.5) is 0 Å². The van der Waals surface area contributed by atoms with Gasteiger partial charge >= 0.3 is 0 Å². The molecule has 2 aromatic carbocycles. The van der Waals surface area contributed by atoms with E-state index in [1.54, 1.807) is 24.3 Å². The van der Waals surface area contributed by atoms with E-state index in [9.17, 15) is 9.59 Å². The van der Waals surface area contributed by atoms with Crippen LogP contribution in [0.2, 0.25) is 0 Å². The fourth-order valence-electron chi connectivity index (χ4n) is 1.88. The Morgan fingerprint density at radius 2 is 1.17 bits per heavy atom. The lowest BCUT2D eigenvalue weighted by Gasteiger charge is -2.09. The first-order chi connectivity index (χ1) is 8.73. The lowest BCUT2D eigenvalue weighted by Crippen LogP contribution is -1.94. The maximum atomic E-state index is 10.9. The molecule has 0 radical (unpaired) electrons. The summed E-state index contributed by atoms with van der Waals surface area (Å²) >= 11 is 0. The number of ether oxygens (including phenoxy) is 2. The van der Waals surface area contributed by atoms with Gasteiger partial charge in [0.2, 0.25) is 0 Å². The van der Waals surface area contributed by atoms with Crippen LogP contribution in [-0.4, -0.2) is 26.8 Å². The molecule has 0 aromatic heterocycles. The van der Waals surface area contributed by atoms with Crippen LogP contribution >= 0.6 is 0 Å². The van der Waals surface area contributed by atoms with E-state index in [0.717, 1.165) is 23.3 Å². The maximum Gasteiger partial charge on any atom is 0.153 e. The molecular weight excluding hydrogens is 232 g/mol. The third-order valence-electron chi connectivity index (χ3n) is 2.79. The van der Waals surface area contributed by atoms with Crippen LogP contribution in [0.5, 0.6) is 11.5 Å². The van der Waals surface area contributed by atoms with Crippen molar-refractivity contribution in [1.29, 1.82) is 0 Å². The SMILES string of the molecule is COc1cc2cc(OC)c(C=O)cc2cc1C=O. The minimum absolute atomic E-state index is 0.451. The van der Waals surface area contributed by atoms with Crippen molar-refractivity contribution < 1.29 is 19.1 Å². The second kappa shape index (κ2) is 4.87. The van der Waals surface area contributed by atoms with E-state index in [4.69, 9.17) is 9.47 Å². The zero-order valence-electron chi connectivity index (χ0n) is 10.1. The molecule has 4 nitrogen and oxygen atoms in total. The van der Waals surface area contributed by atoms with Crippen molar-refractivity contribution in [1.82, 2.24) is 0 Å². The summed E-state index contributed by atoms with van der Waals surface area (Å²) in [7, 11) is 3.01. The Bertz CT molecular complexity index is 566. The topological polar surface area (TPSA) is 52.6 Å². The summed E-state index contributed by atoms with van der Waals surface area (Å²) < 4.78 is 10.3. The van der Waals surface area contributed by atoms with E-state index in [1.807, 2.05) is 0 Å². The van der Waals surface area contributed by atoms with E-state index in [-0.39, 0.29) is 0 Å². The first kappa shape index (κ1) is 12.1. The largest absolute Gasteiger partial charge is 0.496 e. The van der Waals surface area contributed by atoms with Gasteiger partial charge < -0.3 is 9.47 Å². The Hall–Kier alpha value is -2.36. The van der Waals surface area contributed by atoms with Crippen LogP contribution in [0, 0.1) is 0 Å². The number of fused-ring (bicyclic) bond motifs is 1. The van der Waals surface area contributed by atoms with Crippen molar-refractivity contribution >= 4 is 23.3 Å². The number of benzene rings is 2. The molecule has 0 fully saturated rings. The van der Waals surface area contributed by atoms with Gasteiger partial charge in [-0.05, 0) is 35.0 Å². The minimum atomic E-state index is 0.451. The normalized spacial score (nSPS) is 10.1. The lowest BCUT2D eigenvalue weighted by molar-refractivity contribution is 0.111. The molecule has 92 valence electrons. The first-order valence-corrected chi connectivity index (χ1v) is 5.33. The van der Waals surface area contributed by atoms with Crippen molar-refractivity contribution in [3.63, 3.8) is 0 Å². The van der Waals surface area contributed by atoms with Gasteiger partial charge in [0, 0.05) is 0 Å². The molecule has 0 bridgehead atoms. The van der Waals surface area contributed by atoms with Crippen molar-refractivity contribution in [3.8, 4) is 11.5 Å². The van der Waals surface area contributed by atoms with Crippen molar-refractivity contribution in [2.24, 2.45) is 0 Å². The number of carbonyl (C=O) groups excluding carboxylic acids is 2. The molecule has 0 amide bonds. The number of rotatable bonds is 4. The van der Waals surface area contributed by atoms with Crippen molar-refractivity contribution in [2.45, 2.75) is 0 Å². The van der Waals surface area contributed by atoms with Crippen molar-refractivity contribution in [3.05, 3.63) is 35.4 Å². The van der Waals surface area contributed by atoms with Gasteiger partial charge in [0.05, 0.1) is 25.3 Å². The molecule has 0 saturated heterocycles. The Labute approximate surface area is 104 Å². The molecular formula is C14H12O4. The van der Waals surface area contributed by atoms with E-state index in [0.29, 0.717) is 22.6 Å². The lowest BCUT2D eigenvalue weighted by atomic mass is 10.0. The van der Waals surface area contributed by atoms with Gasteiger partial charge in [-0.3, -0.25) is 9.59 Å². The number of aldehydes is 2. The van der Waals surface area contributed by atoms with E-state index in [1.165, 1.54) is 14.2 Å².